The summed E-state index contributed by atoms with van der Waals surface area (Å²) in [6, 6.07) is 9.48. The summed E-state index contributed by atoms with van der Waals surface area (Å²) in [5, 5.41) is 12.2. The number of nitriles is 1. The van der Waals surface area contributed by atoms with E-state index in [0.29, 0.717) is 33.4 Å². The molecule has 0 bridgehead atoms. The number of benzene rings is 1. The van der Waals surface area contributed by atoms with Gasteiger partial charge in [-0.25, -0.2) is 4.98 Å². The van der Waals surface area contributed by atoms with E-state index in [-0.39, 0.29) is 0 Å². The molecule has 0 saturated carbocycles. The molecule has 2 heterocycles. The van der Waals surface area contributed by atoms with Gasteiger partial charge in [0.15, 0.2) is 11.5 Å². The first-order valence-electron chi connectivity index (χ1n) is 7.98. The van der Waals surface area contributed by atoms with Gasteiger partial charge in [-0.15, -0.1) is 11.3 Å². The van der Waals surface area contributed by atoms with Crippen LogP contribution < -0.4 is 14.2 Å². The Labute approximate surface area is 161 Å². The van der Waals surface area contributed by atoms with Crippen molar-refractivity contribution in [2.24, 2.45) is 0 Å². The summed E-state index contributed by atoms with van der Waals surface area (Å²) in [4.78, 5) is 8.59. The first kappa shape index (κ1) is 18.4. The van der Waals surface area contributed by atoms with Gasteiger partial charge in [0, 0.05) is 35.0 Å². The predicted molar refractivity (Wildman–Crippen MR) is 105 cm³/mol. The van der Waals surface area contributed by atoms with Gasteiger partial charge in [-0.2, -0.15) is 5.26 Å². The quantitative estimate of drug-likeness (QED) is 0.595. The Morgan fingerprint density at radius 2 is 1.70 bits per heavy atom. The lowest BCUT2D eigenvalue weighted by Crippen LogP contribution is -1.95. The van der Waals surface area contributed by atoms with Crippen molar-refractivity contribution in [1.29, 1.82) is 5.26 Å². The summed E-state index contributed by atoms with van der Waals surface area (Å²) in [6.45, 7) is 0. The molecule has 0 fully saturated rings. The van der Waals surface area contributed by atoms with Gasteiger partial charge in [-0.1, -0.05) is 0 Å². The van der Waals surface area contributed by atoms with Crippen LogP contribution in [-0.4, -0.2) is 31.3 Å². The first-order valence-corrected chi connectivity index (χ1v) is 8.86. The fraction of sp³-hybridized carbons (Fsp3) is 0.150. The first-order chi connectivity index (χ1) is 13.2. The molecule has 7 heteroatoms. The third-order valence-corrected chi connectivity index (χ3v) is 4.74. The molecular formula is C20H17N3O3S. The fourth-order valence-corrected chi connectivity index (χ4v) is 3.31. The minimum Gasteiger partial charge on any atom is -0.496 e. The maximum atomic E-state index is 9.65. The van der Waals surface area contributed by atoms with Crippen LogP contribution in [-0.2, 0) is 0 Å². The van der Waals surface area contributed by atoms with E-state index < -0.39 is 0 Å². The Morgan fingerprint density at radius 1 is 1.04 bits per heavy atom. The van der Waals surface area contributed by atoms with E-state index in [4.69, 9.17) is 14.2 Å². The van der Waals surface area contributed by atoms with Gasteiger partial charge < -0.3 is 14.2 Å². The zero-order valence-electron chi connectivity index (χ0n) is 15.1. The van der Waals surface area contributed by atoms with E-state index in [1.807, 2.05) is 17.5 Å². The van der Waals surface area contributed by atoms with Crippen LogP contribution in [0.4, 0.5) is 0 Å². The predicted octanol–water partition coefficient (Wildman–Crippen LogP) is 4.30. The molecule has 136 valence electrons. The molecule has 0 spiro atoms. The highest BCUT2D eigenvalue weighted by Gasteiger charge is 2.14. The molecule has 0 saturated heterocycles. The number of hydrogen-bond acceptors (Lipinski definition) is 7. The van der Waals surface area contributed by atoms with Gasteiger partial charge in [0.1, 0.15) is 16.8 Å². The number of allylic oxidation sites excluding steroid dienone is 1. The number of rotatable bonds is 6. The van der Waals surface area contributed by atoms with Crippen molar-refractivity contribution in [3.63, 3.8) is 0 Å². The summed E-state index contributed by atoms with van der Waals surface area (Å²) in [5.74, 6) is 1.68. The smallest absolute Gasteiger partial charge is 0.164 e. The summed E-state index contributed by atoms with van der Waals surface area (Å²) in [5.41, 5.74) is 2.89. The number of thiazole rings is 1. The second-order valence-electron chi connectivity index (χ2n) is 5.39. The molecule has 0 aliphatic carbocycles. The van der Waals surface area contributed by atoms with Crippen LogP contribution >= 0.6 is 11.3 Å². The Kier molecular flexibility index (Phi) is 5.69. The molecule has 2 aromatic heterocycles. The number of hydrogen-bond donors (Lipinski definition) is 0. The Hall–Kier alpha value is -3.37. The molecule has 0 amide bonds. The summed E-state index contributed by atoms with van der Waals surface area (Å²) < 4.78 is 16.1. The second kappa shape index (κ2) is 8.34. The van der Waals surface area contributed by atoms with Crippen LogP contribution in [0, 0.1) is 11.3 Å². The molecule has 0 aliphatic heterocycles. The fourth-order valence-electron chi connectivity index (χ4n) is 2.52. The number of pyridine rings is 1. The third kappa shape index (κ3) is 3.91. The lowest BCUT2D eigenvalue weighted by molar-refractivity contribution is 0.348. The maximum Gasteiger partial charge on any atom is 0.164 e. The minimum absolute atomic E-state index is 0.436. The highest BCUT2D eigenvalue weighted by atomic mass is 32.1. The van der Waals surface area contributed by atoms with Crippen molar-refractivity contribution in [3.8, 4) is 34.6 Å². The molecule has 3 aromatic rings. The van der Waals surface area contributed by atoms with Crippen molar-refractivity contribution in [1.82, 2.24) is 9.97 Å². The molecule has 0 aliphatic rings. The standard InChI is InChI=1S/C20H17N3O3S/c1-24-17-10-19(26-3)18(25-2)9-14(17)8-15(11-21)20-23-16(12-27-20)13-4-6-22-7-5-13/h4-10,12H,1-3H3/b15-8-. The average Bonchev–Trinajstić information content (AvgIpc) is 3.22. The van der Waals surface area contributed by atoms with Crippen LogP contribution in [0.25, 0.3) is 22.9 Å². The van der Waals surface area contributed by atoms with Gasteiger partial charge in [0.25, 0.3) is 0 Å². The Morgan fingerprint density at radius 3 is 2.33 bits per heavy atom. The van der Waals surface area contributed by atoms with Crippen molar-refractivity contribution in [3.05, 3.63) is 52.6 Å². The number of aromatic nitrogens is 2. The molecular weight excluding hydrogens is 362 g/mol. The molecule has 27 heavy (non-hydrogen) atoms. The van der Waals surface area contributed by atoms with E-state index in [1.54, 1.807) is 51.9 Å². The van der Waals surface area contributed by atoms with Crippen LogP contribution in [0.1, 0.15) is 10.6 Å². The Balaban J connectivity index is 2.03. The van der Waals surface area contributed by atoms with Crippen molar-refractivity contribution in [2.75, 3.05) is 21.3 Å². The lowest BCUT2D eigenvalue weighted by Gasteiger charge is -2.12. The maximum absolute atomic E-state index is 9.65. The van der Waals surface area contributed by atoms with Crippen molar-refractivity contribution >= 4 is 23.0 Å². The number of ether oxygens (including phenoxy) is 3. The minimum atomic E-state index is 0.436. The molecule has 0 atom stereocenters. The van der Waals surface area contributed by atoms with Crippen molar-refractivity contribution in [2.45, 2.75) is 0 Å². The molecule has 3 rings (SSSR count). The summed E-state index contributed by atoms with van der Waals surface area (Å²) in [7, 11) is 4.68. The van der Waals surface area contributed by atoms with E-state index in [9.17, 15) is 5.26 Å². The van der Waals surface area contributed by atoms with Gasteiger partial charge >= 0.3 is 0 Å². The molecule has 1 aromatic carbocycles. The summed E-state index contributed by atoms with van der Waals surface area (Å²) >= 11 is 1.41. The lowest BCUT2D eigenvalue weighted by atomic mass is 10.1. The van der Waals surface area contributed by atoms with Crippen molar-refractivity contribution < 1.29 is 14.2 Å². The zero-order chi connectivity index (χ0) is 19.2. The SMILES string of the molecule is COc1cc(OC)c(OC)cc1/C=C(/C#N)c1nc(-c2ccncc2)cs1. The van der Waals surface area contributed by atoms with Crippen LogP contribution in [0.2, 0.25) is 0 Å². The van der Waals surface area contributed by atoms with Gasteiger partial charge in [0.2, 0.25) is 0 Å². The molecule has 6 nitrogen and oxygen atoms in total. The molecule has 0 N–H and O–H groups in total. The molecule has 0 radical (unpaired) electrons. The van der Waals surface area contributed by atoms with Gasteiger partial charge in [-0.3, -0.25) is 4.98 Å². The highest BCUT2D eigenvalue weighted by molar-refractivity contribution is 7.11. The highest BCUT2D eigenvalue weighted by Crippen LogP contribution is 2.37. The van der Waals surface area contributed by atoms with Crippen LogP contribution in [0.15, 0.2) is 42.0 Å². The largest absolute Gasteiger partial charge is 0.496 e. The van der Waals surface area contributed by atoms with Crippen LogP contribution in [0.5, 0.6) is 17.2 Å². The monoisotopic (exact) mass is 379 g/mol. The summed E-state index contributed by atoms with van der Waals surface area (Å²) in [6.07, 6.45) is 5.16. The van der Waals surface area contributed by atoms with E-state index in [0.717, 1.165) is 11.3 Å². The third-order valence-electron chi connectivity index (χ3n) is 3.87. The Bertz CT molecular complexity index is 1010. The number of methoxy groups -OCH3 is 3. The van der Waals surface area contributed by atoms with E-state index in [1.165, 1.54) is 11.3 Å². The topological polar surface area (TPSA) is 77.3 Å². The van der Waals surface area contributed by atoms with Gasteiger partial charge in [-0.05, 0) is 24.3 Å². The van der Waals surface area contributed by atoms with Crippen LogP contribution in [0.3, 0.4) is 0 Å². The number of nitrogens with zero attached hydrogens (tertiary/aromatic N) is 3. The second-order valence-corrected chi connectivity index (χ2v) is 6.25. The normalized spacial score (nSPS) is 11.0. The van der Waals surface area contributed by atoms with E-state index in [2.05, 4.69) is 16.0 Å². The average molecular weight is 379 g/mol. The van der Waals surface area contributed by atoms with E-state index >= 15 is 0 Å². The molecule has 0 unspecified atom stereocenters. The zero-order valence-corrected chi connectivity index (χ0v) is 15.9. The van der Waals surface area contributed by atoms with Gasteiger partial charge in [0.05, 0.1) is 32.6 Å².